The van der Waals surface area contributed by atoms with Crippen LogP contribution in [0.2, 0.25) is 0 Å². The zero-order valence-corrected chi connectivity index (χ0v) is 11.8. The van der Waals surface area contributed by atoms with E-state index in [1.807, 2.05) is 42.5 Å². The number of ether oxygens (including phenoxy) is 2. The van der Waals surface area contributed by atoms with E-state index < -0.39 is 11.9 Å². The van der Waals surface area contributed by atoms with Crippen molar-refractivity contribution in [3.8, 4) is 0 Å². The van der Waals surface area contributed by atoms with E-state index in [9.17, 15) is 9.59 Å². The van der Waals surface area contributed by atoms with Crippen molar-refractivity contribution in [3.05, 3.63) is 54.2 Å². The lowest BCUT2D eigenvalue weighted by molar-refractivity contribution is -0.138. The zero-order valence-electron chi connectivity index (χ0n) is 11.8. The van der Waals surface area contributed by atoms with E-state index in [0.717, 1.165) is 16.8 Å². The summed E-state index contributed by atoms with van der Waals surface area (Å²) in [5.41, 5.74) is 0.717. The summed E-state index contributed by atoms with van der Waals surface area (Å²) >= 11 is 0. The second-order valence-corrected chi connectivity index (χ2v) is 4.22. The summed E-state index contributed by atoms with van der Waals surface area (Å²) in [6, 6.07) is 13.3. The van der Waals surface area contributed by atoms with Crippen LogP contribution in [0.1, 0.15) is 0 Å². The van der Waals surface area contributed by atoms with Crippen molar-refractivity contribution in [1.82, 2.24) is 0 Å². The summed E-state index contributed by atoms with van der Waals surface area (Å²) in [6.45, 7) is 0. The molecule has 0 aliphatic carbocycles. The summed E-state index contributed by atoms with van der Waals surface area (Å²) in [6.07, 6.45) is 1.06. The van der Waals surface area contributed by atoms with Gasteiger partial charge < -0.3 is 14.8 Å². The number of anilines is 1. The molecule has 0 heterocycles. The fraction of sp³-hybridized carbons (Fsp3) is 0.125. The fourth-order valence-electron chi connectivity index (χ4n) is 1.91. The Bertz CT molecular complexity index is 701. The summed E-state index contributed by atoms with van der Waals surface area (Å²) in [7, 11) is 2.49. The van der Waals surface area contributed by atoms with Crippen LogP contribution >= 0.6 is 0 Å². The molecule has 2 rings (SSSR count). The molecule has 108 valence electrons. The van der Waals surface area contributed by atoms with Gasteiger partial charge in [-0.25, -0.2) is 9.59 Å². The molecule has 0 radical (unpaired) electrons. The fourth-order valence-corrected chi connectivity index (χ4v) is 1.91. The lowest BCUT2D eigenvalue weighted by atomic mass is 10.1. The Morgan fingerprint density at radius 3 is 2.43 bits per heavy atom. The zero-order chi connectivity index (χ0) is 15.2. The molecule has 0 aromatic heterocycles. The van der Waals surface area contributed by atoms with E-state index in [1.165, 1.54) is 14.2 Å². The van der Waals surface area contributed by atoms with E-state index in [-0.39, 0.29) is 5.70 Å². The van der Waals surface area contributed by atoms with Gasteiger partial charge in [0.05, 0.1) is 20.3 Å². The number of rotatable bonds is 4. The van der Waals surface area contributed by atoms with Gasteiger partial charge in [0.25, 0.3) is 0 Å². The van der Waals surface area contributed by atoms with Crippen molar-refractivity contribution >= 4 is 28.4 Å². The quantitative estimate of drug-likeness (QED) is 0.690. The van der Waals surface area contributed by atoms with Gasteiger partial charge in [0, 0.05) is 11.1 Å². The molecule has 0 aliphatic rings. The van der Waals surface area contributed by atoms with Gasteiger partial charge in [0.2, 0.25) is 0 Å². The normalized spacial score (nSPS) is 11.0. The van der Waals surface area contributed by atoms with Gasteiger partial charge in [-0.1, -0.05) is 36.4 Å². The van der Waals surface area contributed by atoms with Crippen molar-refractivity contribution in [3.63, 3.8) is 0 Å². The minimum absolute atomic E-state index is 0.0145. The molecular weight excluding hydrogens is 270 g/mol. The lowest BCUT2D eigenvalue weighted by Crippen LogP contribution is -2.15. The number of nitrogens with one attached hydrogen (secondary N) is 1. The predicted octanol–water partition coefficient (Wildman–Crippen LogP) is 2.48. The first-order chi connectivity index (χ1) is 10.2. The third kappa shape index (κ3) is 3.39. The van der Waals surface area contributed by atoms with Crippen LogP contribution in [0.25, 0.3) is 10.8 Å². The number of hydrogen-bond donors (Lipinski definition) is 1. The number of carbonyl (C=O) groups excluding carboxylic acids is 2. The molecule has 5 heteroatoms. The van der Waals surface area contributed by atoms with Crippen LogP contribution in [-0.2, 0) is 19.1 Å². The molecule has 0 fully saturated rings. The molecule has 0 saturated carbocycles. The van der Waals surface area contributed by atoms with Gasteiger partial charge in [0.1, 0.15) is 5.70 Å². The van der Waals surface area contributed by atoms with Gasteiger partial charge in [-0.15, -0.1) is 0 Å². The first-order valence-corrected chi connectivity index (χ1v) is 6.28. The van der Waals surface area contributed by atoms with Crippen molar-refractivity contribution in [2.24, 2.45) is 0 Å². The highest BCUT2D eigenvalue weighted by molar-refractivity contribution is 6.02. The third-order valence-electron chi connectivity index (χ3n) is 2.93. The molecule has 1 N–H and O–H groups in total. The Labute approximate surface area is 122 Å². The highest BCUT2D eigenvalue weighted by atomic mass is 16.5. The molecule has 0 saturated heterocycles. The first-order valence-electron chi connectivity index (χ1n) is 6.28. The van der Waals surface area contributed by atoms with E-state index in [0.29, 0.717) is 5.69 Å². The first kappa shape index (κ1) is 14.6. The summed E-state index contributed by atoms with van der Waals surface area (Å²) < 4.78 is 9.20. The summed E-state index contributed by atoms with van der Waals surface area (Å²) in [4.78, 5) is 23.1. The average Bonchev–Trinajstić information content (AvgIpc) is 2.53. The molecule has 0 bridgehead atoms. The second kappa shape index (κ2) is 6.56. The predicted molar refractivity (Wildman–Crippen MR) is 79.7 cm³/mol. The van der Waals surface area contributed by atoms with Gasteiger partial charge in [-0.2, -0.15) is 0 Å². The molecule has 0 spiro atoms. The van der Waals surface area contributed by atoms with E-state index in [4.69, 9.17) is 0 Å². The SMILES string of the molecule is COC(=O)C=C(Nc1cccc2ccccc12)C(=O)OC. The van der Waals surface area contributed by atoms with Gasteiger partial charge in [0.15, 0.2) is 0 Å². The van der Waals surface area contributed by atoms with Crippen molar-refractivity contribution in [2.45, 2.75) is 0 Å². The maximum atomic E-state index is 11.7. The maximum Gasteiger partial charge on any atom is 0.354 e. The molecule has 0 amide bonds. The Hall–Kier alpha value is -2.82. The van der Waals surface area contributed by atoms with Crippen LogP contribution in [0, 0.1) is 0 Å². The number of benzene rings is 2. The Morgan fingerprint density at radius 2 is 1.71 bits per heavy atom. The van der Waals surface area contributed by atoms with Crippen molar-refractivity contribution < 1.29 is 19.1 Å². The molecule has 0 atom stereocenters. The minimum Gasteiger partial charge on any atom is -0.466 e. The highest BCUT2D eigenvalue weighted by Crippen LogP contribution is 2.24. The lowest BCUT2D eigenvalue weighted by Gasteiger charge is -2.11. The summed E-state index contributed by atoms with van der Waals surface area (Å²) in [5.74, 6) is -1.28. The van der Waals surface area contributed by atoms with E-state index in [1.54, 1.807) is 0 Å². The third-order valence-corrected chi connectivity index (χ3v) is 2.93. The Kier molecular flexibility index (Phi) is 4.56. The monoisotopic (exact) mass is 285 g/mol. The number of esters is 2. The van der Waals surface area contributed by atoms with Gasteiger partial charge in [-0.05, 0) is 11.5 Å². The topological polar surface area (TPSA) is 64.6 Å². The second-order valence-electron chi connectivity index (χ2n) is 4.22. The number of methoxy groups -OCH3 is 2. The van der Waals surface area contributed by atoms with Crippen LogP contribution in [-0.4, -0.2) is 26.2 Å². The van der Waals surface area contributed by atoms with Gasteiger partial charge >= 0.3 is 11.9 Å². The number of fused-ring (bicyclic) bond motifs is 1. The van der Waals surface area contributed by atoms with Crippen molar-refractivity contribution in [1.29, 1.82) is 0 Å². The van der Waals surface area contributed by atoms with Crippen LogP contribution in [0.5, 0.6) is 0 Å². The largest absolute Gasteiger partial charge is 0.466 e. The number of hydrogen-bond acceptors (Lipinski definition) is 5. The van der Waals surface area contributed by atoms with Crippen LogP contribution in [0.4, 0.5) is 5.69 Å². The number of carbonyl (C=O) groups is 2. The van der Waals surface area contributed by atoms with E-state index >= 15 is 0 Å². The smallest absolute Gasteiger partial charge is 0.354 e. The van der Waals surface area contributed by atoms with Crippen LogP contribution < -0.4 is 5.32 Å². The summed E-state index contributed by atoms with van der Waals surface area (Å²) in [5, 5.41) is 4.87. The molecule has 21 heavy (non-hydrogen) atoms. The average molecular weight is 285 g/mol. The molecule has 0 unspecified atom stereocenters. The Morgan fingerprint density at radius 1 is 1.00 bits per heavy atom. The van der Waals surface area contributed by atoms with Crippen LogP contribution in [0.3, 0.4) is 0 Å². The van der Waals surface area contributed by atoms with Crippen LogP contribution in [0.15, 0.2) is 54.2 Å². The van der Waals surface area contributed by atoms with Crippen molar-refractivity contribution in [2.75, 3.05) is 19.5 Å². The highest BCUT2D eigenvalue weighted by Gasteiger charge is 2.13. The Balaban J connectivity index is 2.41. The molecule has 0 aliphatic heterocycles. The molecule has 2 aromatic carbocycles. The standard InChI is InChI=1S/C16H15NO4/c1-20-15(18)10-14(16(19)21-2)17-13-9-5-7-11-6-3-4-8-12(11)13/h3-10,17H,1-2H3. The molecular formula is C16H15NO4. The minimum atomic E-state index is -0.645. The van der Waals surface area contributed by atoms with E-state index in [2.05, 4.69) is 14.8 Å². The molecule has 5 nitrogen and oxygen atoms in total. The maximum absolute atomic E-state index is 11.7. The molecule has 2 aromatic rings. The van der Waals surface area contributed by atoms with Gasteiger partial charge in [-0.3, -0.25) is 0 Å².